The molecule has 0 unspecified atom stereocenters. The molecule has 1 saturated heterocycles. The van der Waals surface area contributed by atoms with Crippen LogP contribution in [0.3, 0.4) is 0 Å². The SMILES string of the molecule is COc1ccc(NC(=O)CCCc2c[nH]c3ccccc23)cc1S(=O)(=O)N1CCOCC1. The molecule has 1 aliphatic rings. The van der Waals surface area contributed by atoms with Gasteiger partial charge in [-0.25, -0.2) is 8.42 Å². The van der Waals surface area contributed by atoms with E-state index < -0.39 is 10.0 Å². The number of aromatic amines is 1. The number of carbonyl (C=O) groups excluding carboxylic acids is 1. The molecule has 0 radical (unpaired) electrons. The lowest BCUT2D eigenvalue weighted by molar-refractivity contribution is -0.116. The van der Waals surface area contributed by atoms with Crippen molar-refractivity contribution in [1.82, 2.24) is 9.29 Å². The molecule has 4 rings (SSSR count). The highest BCUT2D eigenvalue weighted by Crippen LogP contribution is 2.30. The van der Waals surface area contributed by atoms with Crippen molar-refractivity contribution in [3.8, 4) is 5.75 Å². The van der Waals surface area contributed by atoms with Gasteiger partial charge in [0.05, 0.1) is 20.3 Å². The van der Waals surface area contributed by atoms with Crippen LogP contribution in [0.4, 0.5) is 5.69 Å². The van der Waals surface area contributed by atoms with Gasteiger partial charge in [0, 0.05) is 42.3 Å². The number of sulfonamides is 1. The second kappa shape index (κ2) is 9.72. The fourth-order valence-corrected chi connectivity index (χ4v) is 5.47. The first-order valence-corrected chi connectivity index (χ1v) is 12.0. The molecule has 32 heavy (non-hydrogen) atoms. The predicted molar refractivity (Wildman–Crippen MR) is 122 cm³/mol. The summed E-state index contributed by atoms with van der Waals surface area (Å²) in [5.41, 5.74) is 2.69. The van der Waals surface area contributed by atoms with Crippen LogP contribution in [0.2, 0.25) is 0 Å². The highest BCUT2D eigenvalue weighted by Gasteiger charge is 2.29. The first kappa shape index (κ1) is 22.3. The highest BCUT2D eigenvalue weighted by molar-refractivity contribution is 7.89. The second-order valence-corrected chi connectivity index (χ2v) is 9.55. The third-order valence-electron chi connectivity index (χ3n) is 5.56. The fourth-order valence-electron chi connectivity index (χ4n) is 3.88. The maximum absolute atomic E-state index is 13.1. The molecule has 0 saturated carbocycles. The number of anilines is 1. The van der Waals surface area contributed by atoms with Gasteiger partial charge in [0.25, 0.3) is 0 Å². The lowest BCUT2D eigenvalue weighted by atomic mass is 10.1. The Labute approximate surface area is 187 Å². The van der Waals surface area contributed by atoms with Crippen LogP contribution >= 0.6 is 0 Å². The van der Waals surface area contributed by atoms with Crippen molar-refractivity contribution in [2.24, 2.45) is 0 Å². The molecule has 1 aromatic heterocycles. The molecule has 0 spiro atoms. The number of hydrogen-bond donors (Lipinski definition) is 2. The monoisotopic (exact) mass is 457 g/mol. The lowest BCUT2D eigenvalue weighted by Gasteiger charge is -2.26. The molecule has 1 fully saturated rings. The average Bonchev–Trinajstić information content (AvgIpc) is 3.23. The minimum atomic E-state index is -3.76. The first-order valence-electron chi connectivity index (χ1n) is 10.6. The van der Waals surface area contributed by atoms with Gasteiger partial charge in [0.1, 0.15) is 10.6 Å². The van der Waals surface area contributed by atoms with E-state index >= 15 is 0 Å². The van der Waals surface area contributed by atoms with Crippen LogP contribution < -0.4 is 10.1 Å². The van der Waals surface area contributed by atoms with Crippen LogP contribution in [0.5, 0.6) is 5.75 Å². The van der Waals surface area contributed by atoms with Crippen LogP contribution in [0, 0.1) is 0 Å². The van der Waals surface area contributed by atoms with Gasteiger partial charge in [-0.3, -0.25) is 4.79 Å². The number of morpholine rings is 1. The van der Waals surface area contributed by atoms with Crippen LogP contribution in [0.25, 0.3) is 10.9 Å². The van der Waals surface area contributed by atoms with E-state index in [0.717, 1.165) is 11.9 Å². The largest absolute Gasteiger partial charge is 0.495 e. The molecule has 2 aromatic carbocycles. The Bertz CT molecular complexity index is 1200. The number of ether oxygens (including phenoxy) is 2. The van der Waals surface area contributed by atoms with Crippen molar-refractivity contribution in [1.29, 1.82) is 0 Å². The Hall–Kier alpha value is -2.88. The molecule has 2 N–H and O–H groups in total. The molecule has 9 heteroatoms. The number of carbonyl (C=O) groups is 1. The average molecular weight is 458 g/mol. The summed E-state index contributed by atoms with van der Waals surface area (Å²) in [6.45, 7) is 1.29. The summed E-state index contributed by atoms with van der Waals surface area (Å²) in [4.78, 5) is 15.8. The number of aromatic nitrogens is 1. The summed E-state index contributed by atoms with van der Waals surface area (Å²) in [6, 6.07) is 12.7. The quantitative estimate of drug-likeness (QED) is 0.541. The van der Waals surface area contributed by atoms with E-state index in [1.165, 1.54) is 28.4 Å². The molecule has 1 amide bonds. The van der Waals surface area contributed by atoms with Crippen molar-refractivity contribution in [2.75, 3.05) is 38.7 Å². The van der Waals surface area contributed by atoms with Crippen molar-refractivity contribution < 1.29 is 22.7 Å². The normalized spacial score (nSPS) is 15.0. The molecule has 0 bridgehead atoms. The summed E-state index contributed by atoms with van der Waals surface area (Å²) < 4.78 is 38.1. The van der Waals surface area contributed by atoms with Crippen LogP contribution in [0.15, 0.2) is 53.6 Å². The van der Waals surface area contributed by atoms with E-state index in [0.29, 0.717) is 31.7 Å². The van der Waals surface area contributed by atoms with Gasteiger partial charge < -0.3 is 19.8 Å². The number of nitrogens with one attached hydrogen (secondary N) is 2. The topological polar surface area (TPSA) is 101 Å². The van der Waals surface area contributed by atoms with E-state index in [4.69, 9.17) is 9.47 Å². The number of H-pyrrole nitrogens is 1. The number of methoxy groups -OCH3 is 1. The smallest absolute Gasteiger partial charge is 0.246 e. The van der Waals surface area contributed by atoms with E-state index in [9.17, 15) is 13.2 Å². The van der Waals surface area contributed by atoms with Gasteiger partial charge in [-0.2, -0.15) is 4.31 Å². The van der Waals surface area contributed by atoms with Gasteiger partial charge >= 0.3 is 0 Å². The third-order valence-corrected chi connectivity index (χ3v) is 7.48. The summed E-state index contributed by atoms with van der Waals surface area (Å²) in [7, 11) is -2.33. The third kappa shape index (κ3) is 4.79. The van der Waals surface area contributed by atoms with Crippen molar-refractivity contribution in [3.63, 3.8) is 0 Å². The summed E-state index contributed by atoms with van der Waals surface area (Å²) in [6.07, 6.45) is 3.77. The number of rotatable bonds is 8. The number of nitrogens with zero attached hydrogens (tertiary/aromatic N) is 1. The van der Waals surface area contributed by atoms with Gasteiger partial charge in [0.2, 0.25) is 15.9 Å². The number of para-hydroxylation sites is 1. The van der Waals surface area contributed by atoms with Crippen LogP contribution in [0.1, 0.15) is 18.4 Å². The number of fused-ring (bicyclic) bond motifs is 1. The van der Waals surface area contributed by atoms with E-state index in [1.54, 1.807) is 12.1 Å². The molecule has 0 aliphatic carbocycles. The fraction of sp³-hybridized carbons (Fsp3) is 0.348. The van der Waals surface area contributed by atoms with E-state index in [2.05, 4.69) is 16.4 Å². The molecular weight excluding hydrogens is 430 g/mol. The Morgan fingerprint density at radius 2 is 1.97 bits per heavy atom. The predicted octanol–water partition coefficient (Wildman–Crippen LogP) is 3.16. The van der Waals surface area contributed by atoms with Gasteiger partial charge in [-0.1, -0.05) is 18.2 Å². The van der Waals surface area contributed by atoms with Crippen molar-refractivity contribution in [3.05, 3.63) is 54.2 Å². The zero-order valence-corrected chi connectivity index (χ0v) is 18.8. The maximum Gasteiger partial charge on any atom is 0.246 e. The second-order valence-electron chi connectivity index (χ2n) is 7.64. The maximum atomic E-state index is 13.1. The summed E-state index contributed by atoms with van der Waals surface area (Å²) >= 11 is 0. The molecule has 1 aliphatic heterocycles. The summed E-state index contributed by atoms with van der Waals surface area (Å²) in [5.74, 6) is 0.0820. The van der Waals surface area contributed by atoms with Crippen molar-refractivity contribution in [2.45, 2.75) is 24.2 Å². The van der Waals surface area contributed by atoms with E-state index in [1.807, 2.05) is 24.4 Å². The van der Waals surface area contributed by atoms with Crippen LogP contribution in [-0.4, -0.2) is 57.0 Å². The highest BCUT2D eigenvalue weighted by atomic mass is 32.2. The minimum Gasteiger partial charge on any atom is -0.495 e. The van der Waals surface area contributed by atoms with E-state index in [-0.39, 0.29) is 29.6 Å². The van der Waals surface area contributed by atoms with Gasteiger partial charge in [-0.15, -0.1) is 0 Å². The summed E-state index contributed by atoms with van der Waals surface area (Å²) in [5, 5.41) is 3.98. The minimum absolute atomic E-state index is 0.0403. The van der Waals surface area contributed by atoms with Crippen molar-refractivity contribution >= 4 is 32.5 Å². The zero-order chi connectivity index (χ0) is 22.6. The lowest BCUT2D eigenvalue weighted by Crippen LogP contribution is -2.40. The van der Waals surface area contributed by atoms with Gasteiger partial charge in [0.15, 0.2) is 0 Å². The molecule has 8 nitrogen and oxygen atoms in total. The zero-order valence-electron chi connectivity index (χ0n) is 18.0. The number of aryl methyl sites for hydroxylation is 1. The molecular formula is C23H27N3O5S. The molecule has 0 atom stereocenters. The number of hydrogen-bond acceptors (Lipinski definition) is 5. The Balaban J connectivity index is 1.41. The van der Waals surface area contributed by atoms with Crippen LogP contribution in [-0.2, 0) is 26.0 Å². The number of benzene rings is 2. The first-order chi connectivity index (χ1) is 15.5. The number of amides is 1. The van der Waals surface area contributed by atoms with Gasteiger partial charge in [-0.05, 0) is 42.7 Å². The molecule has 2 heterocycles. The molecule has 170 valence electrons. The standard InChI is InChI=1S/C23H27N3O5S/c1-30-21-10-9-18(15-22(21)32(28,29)26-11-13-31-14-12-26)25-23(27)8-4-5-17-16-24-20-7-3-2-6-19(17)20/h2-3,6-7,9-10,15-16,24H,4-5,8,11-14H2,1H3,(H,25,27). The Morgan fingerprint density at radius 3 is 2.75 bits per heavy atom. The Kier molecular flexibility index (Phi) is 6.78. The molecule has 3 aromatic rings. The Morgan fingerprint density at radius 1 is 1.19 bits per heavy atom.